The van der Waals surface area contributed by atoms with E-state index >= 15 is 0 Å². The van der Waals surface area contributed by atoms with Gasteiger partial charge in [-0.2, -0.15) is 0 Å². The molecule has 1 N–H and O–H groups in total. The first kappa shape index (κ1) is 11.0. The molecular formula is C12H13N3S. The number of H-pyrrole nitrogens is 1. The second-order valence-electron chi connectivity index (χ2n) is 3.54. The maximum absolute atomic E-state index is 5.12. The molecule has 0 unspecified atom stereocenters. The molecule has 0 aliphatic carbocycles. The topological polar surface area (TPSA) is 41.6 Å². The van der Waals surface area contributed by atoms with Crippen molar-refractivity contribution < 1.29 is 0 Å². The Labute approximate surface area is 99.6 Å². The number of hydrogen-bond acceptors (Lipinski definition) is 3. The van der Waals surface area contributed by atoms with E-state index in [-0.39, 0.29) is 0 Å². The van der Waals surface area contributed by atoms with Gasteiger partial charge in [-0.3, -0.25) is 4.98 Å². The summed E-state index contributed by atoms with van der Waals surface area (Å²) in [5, 5.41) is 0. The first-order valence-corrected chi connectivity index (χ1v) is 5.68. The highest BCUT2D eigenvalue weighted by molar-refractivity contribution is 7.71. The van der Waals surface area contributed by atoms with Crippen LogP contribution in [-0.4, -0.2) is 15.0 Å². The molecule has 0 atom stereocenters. The standard InChI is InChI=1S/C12H13N3S/c1-2-9-8-12(16)15-11(14-9)7-10-5-3-4-6-13-10/h3-6,8H,2,7H2,1H3,(H,14,15,16). The number of aryl methyl sites for hydroxylation is 1. The summed E-state index contributed by atoms with van der Waals surface area (Å²) in [7, 11) is 0. The van der Waals surface area contributed by atoms with Crippen molar-refractivity contribution in [3.63, 3.8) is 0 Å². The third kappa shape index (κ3) is 2.73. The number of aromatic nitrogens is 3. The summed E-state index contributed by atoms with van der Waals surface area (Å²) in [4.78, 5) is 11.8. The minimum atomic E-state index is 0.640. The lowest BCUT2D eigenvalue weighted by Crippen LogP contribution is -2.01. The van der Waals surface area contributed by atoms with Crippen LogP contribution < -0.4 is 0 Å². The molecule has 2 rings (SSSR count). The van der Waals surface area contributed by atoms with Gasteiger partial charge in [0.05, 0.1) is 0 Å². The molecule has 0 bridgehead atoms. The van der Waals surface area contributed by atoms with E-state index in [1.807, 2.05) is 24.3 Å². The van der Waals surface area contributed by atoms with Crippen LogP contribution in [-0.2, 0) is 12.8 Å². The molecule has 0 amide bonds. The van der Waals surface area contributed by atoms with Gasteiger partial charge in [-0.25, -0.2) is 4.98 Å². The predicted octanol–water partition coefficient (Wildman–Crippen LogP) is 2.69. The Morgan fingerprint density at radius 1 is 1.38 bits per heavy atom. The molecule has 0 aliphatic rings. The SMILES string of the molecule is CCc1cc(=S)nc(Cc2ccccn2)[nH]1. The van der Waals surface area contributed by atoms with Gasteiger partial charge in [0.15, 0.2) is 0 Å². The van der Waals surface area contributed by atoms with Crippen molar-refractivity contribution in [3.05, 3.63) is 52.3 Å². The van der Waals surface area contributed by atoms with Gasteiger partial charge >= 0.3 is 0 Å². The zero-order valence-corrected chi connectivity index (χ0v) is 9.92. The number of rotatable bonds is 3. The monoisotopic (exact) mass is 231 g/mol. The van der Waals surface area contributed by atoms with Crippen LogP contribution >= 0.6 is 12.2 Å². The summed E-state index contributed by atoms with van der Waals surface area (Å²) in [5.74, 6) is 0.878. The van der Waals surface area contributed by atoms with Crippen LogP contribution in [0.2, 0.25) is 0 Å². The van der Waals surface area contributed by atoms with Crippen molar-refractivity contribution in [1.29, 1.82) is 0 Å². The second kappa shape index (κ2) is 4.99. The second-order valence-corrected chi connectivity index (χ2v) is 3.96. The average Bonchev–Trinajstić information content (AvgIpc) is 2.29. The van der Waals surface area contributed by atoms with Crippen molar-refractivity contribution in [1.82, 2.24) is 15.0 Å². The fourth-order valence-electron chi connectivity index (χ4n) is 1.51. The average molecular weight is 231 g/mol. The van der Waals surface area contributed by atoms with Gasteiger partial charge in [0, 0.05) is 24.0 Å². The fourth-order valence-corrected chi connectivity index (χ4v) is 1.76. The van der Waals surface area contributed by atoms with Gasteiger partial charge < -0.3 is 4.98 Å². The van der Waals surface area contributed by atoms with Crippen molar-refractivity contribution in [2.24, 2.45) is 0 Å². The van der Waals surface area contributed by atoms with E-state index in [2.05, 4.69) is 21.9 Å². The van der Waals surface area contributed by atoms with Gasteiger partial charge in [-0.1, -0.05) is 25.2 Å². The minimum Gasteiger partial charge on any atom is -0.347 e. The Kier molecular flexibility index (Phi) is 3.41. The lowest BCUT2D eigenvalue weighted by atomic mass is 10.2. The molecule has 0 radical (unpaired) electrons. The van der Waals surface area contributed by atoms with Crippen molar-refractivity contribution in [2.45, 2.75) is 19.8 Å². The van der Waals surface area contributed by atoms with Crippen LogP contribution in [0.1, 0.15) is 24.1 Å². The van der Waals surface area contributed by atoms with E-state index in [0.717, 1.165) is 23.6 Å². The van der Waals surface area contributed by atoms with Crippen LogP contribution in [0, 0.1) is 4.64 Å². The predicted molar refractivity (Wildman–Crippen MR) is 65.8 cm³/mol. The van der Waals surface area contributed by atoms with Crippen LogP contribution in [0.4, 0.5) is 0 Å². The number of pyridine rings is 1. The smallest absolute Gasteiger partial charge is 0.130 e. The van der Waals surface area contributed by atoms with Gasteiger partial charge in [0.1, 0.15) is 10.5 Å². The van der Waals surface area contributed by atoms with Gasteiger partial charge in [-0.15, -0.1) is 0 Å². The van der Waals surface area contributed by atoms with E-state index in [9.17, 15) is 0 Å². The Bertz CT molecular complexity index is 519. The molecule has 0 aliphatic heterocycles. The van der Waals surface area contributed by atoms with Crippen LogP contribution in [0.5, 0.6) is 0 Å². The Morgan fingerprint density at radius 3 is 2.94 bits per heavy atom. The van der Waals surface area contributed by atoms with E-state index in [1.165, 1.54) is 0 Å². The van der Waals surface area contributed by atoms with Crippen LogP contribution in [0.3, 0.4) is 0 Å². The number of nitrogens with zero attached hydrogens (tertiary/aromatic N) is 2. The molecule has 4 heteroatoms. The molecule has 2 aromatic heterocycles. The lowest BCUT2D eigenvalue weighted by Gasteiger charge is -2.03. The summed E-state index contributed by atoms with van der Waals surface area (Å²) in [5.41, 5.74) is 2.11. The first-order valence-electron chi connectivity index (χ1n) is 5.27. The Balaban J connectivity index is 2.28. The van der Waals surface area contributed by atoms with Crippen molar-refractivity contribution in [3.8, 4) is 0 Å². The van der Waals surface area contributed by atoms with Gasteiger partial charge in [0.25, 0.3) is 0 Å². The van der Waals surface area contributed by atoms with Crippen LogP contribution in [0.15, 0.2) is 30.5 Å². The minimum absolute atomic E-state index is 0.640. The summed E-state index contributed by atoms with van der Waals surface area (Å²) in [6.45, 7) is 2.09. The van der Waals surface area contributed by atoms with E-state index in [1.54, 1.807) is 6.20 Å². The van der Waals surface area contributed by atoms with E-state index in [4.69, 9.17) is 12.2 Å². The zero-order valence-electron chi connectivity index (χ0n) is 9.10. The molecule has 16 heavy (non-hydrogen) atoms. The molecule has 3 nitrogen and oxygen atoms in total. The summed E-state index contributed by atoms with van der Waals surface area (Å²) < 4.78 is 0.640. The van der Waals surface area contributed by atoms with Crippen LogP contribution in [0.25, 0.3) is 0 Å². The maximum Gasteiger partial charge on any atom is 0.130 e. The van der Waals surface area contributed by atoms with E-state index < -0.39 is 0 Å². The molecular weight excluding hydrogens is 218 g/mol. The van der Waals surface area contributed by atoms with E-state index in [0.29, 0.717) is 11.1 Å². The quantitative estimate of drug-likeness (QED) is 0.826. The molecule has 0 saturated carbocycles. The van der Waals surface area contributed by atoms with Crippen molar-refractivity contribution in [2.75, 3.05) is 0 Å². The lowest BCUT2D eigenvalue weighted by molar-refractivity contribution is 0.883. The third-order valence-electron chi connectivity index (χ3n) is 2.30. The fraction of sp³-hybridized carbons (Fsp3) is 0.250. The third-order valence-corrected chi connectivity index (χ3v) is 2.51. The Morgan fingerprint density at radius 2 is 2.25 bits per heavy atom. The number of nitrogens with one attached hydrogen (secondary N) is 1. The highest BCUT2D eigenvalue weighted by atomic mass is 32.1. The normalized spacial score (nSPS) is 10.3. The van der Waals surface area contributed by atoms with Gasteiger partial charge in [-0.05, 0) is 24.6 Å². The molecule has 0 spiro atoms. The molecule has 0 fully saturated rings. The summed E-state index contributed by atoms with van der Waals surface area (Å²) >= 11 is 5.12. The highest BCUT2D eigenvalue weighted by Crippen LogP contribution is 2.04. The molecule has 0 saturated heterocycles. The molecule has 0 aromatic carbocycles. The molecule has 2 heterocycles. The largest absolute Gasteiger partial charge is 0.347 e. The van der Waals surface area contributed by atoms with Gasteiger partial charge in [0.2, 0.25) is 0 Å². The molecule has 2 aromatic rings. The maximum atomic E-state index is 5.12. The summed E-state index contributed by atoms with van der Waals surface area (Å²) in [6.07, 6.45) is 3.41. The highest BCUT2D eigenvalue weighted by Gasteiger charge is 2.00. The number of aromatic amines is 1. The first-order chi connectivity index (χ1) is 7.78. The number of hydrogen-bond donors (Lipinski definition) is 1. The zero-order chi connectivity index (χ0) is 11.4. The van der Waals surface area contributed by atoms with Crippen molar-refractivity contribution >= 4 is 12.2 Å². The molecule has 82 valence electrons. The Hall–Kier alpha value is -1.55. The summed E-state index contributed by atoms with van der Waals surface area (Å²) in [6, 6.07) is 7.76.